The van der Waals surface area contributed by atoms with Crippen LogP contribution in [0.3, 0.4) is 0 Å². The summed E-state index contributed by atoms with van der Waals surface area (Å²) in [4.78, 5) is 1.24. The number of methoxy groups -OCH3 is 2. The van der Waals surface area contributed by atoms with Crippen LogP contribution < -0.4 is 9.47 Å². The van der Waals surface area contributed by atoms with E-state index in [1.165, 1.54) is 16.0 Å². The van der Waals surface area contributed by atoms with Crippen molar-refractivity contribution in [3.63, 3.8) is 0 Å². The highest BCUT2D eigenvalue weighted by Gasteiger charge is 2.57. The van der Waals surface area contributed by atoms with Crippen LogP contribution in [0.1, 0.15) is 44.7 Å². The number of fused-ring (bicyclic) bond motifs is 3. The van der Waals surface area contributed by atoms with Crippen molar-refractivity contribution < 1.29 is 9.47 Å². The van der Waals surface area contributed by atoms with Crippen molar-refractivity contribution in [2.24, 2.45) is 17.3 Å². The lowest BCUT2D eigenvalue weighted by Crippen LogP contribution is -2.56. The summed E-state index contributed by atoms with van der Waals surface area (Å²) in [6.07, 6.45) is 2.90. The fourth-order valence-electron chi connectivity index (χ4n) is 6.23. The van der Waals surface area contributed by atoms with Gasteiger partial charge in [-0.3, -0.25) is 0 Å². The van der Waals surface area contributed by atoms with Crippen LogP contribution in [-0.2, 0) is 11.8 Å². The van der Waals surface area contributed by atoms with Gasteiger partial charge in [-0.25, -0.2) is 0 Å². The highest BCUT2D eigenvalue weighted by Crippen LogP contribution is 2.62. The van der Waals surface area contributed by atoms with E-state index in [0.29, 0.717) is 5.25 Å². The number of halogens is 1. The number of nitriles is 1. The summed E-state index contributed by atoms with van der Waals surface area (Å²) in [5, 5.41) is 11.4. The molecule has 2 aliphatic carbocycles. The van der Waals surface area contributed by atoms with Crippen molar-refractivity contribution >= 4 is 23.4 Å². The van der Waals surface area contributed by atoms with Crippen LogP contribution in [0.5, 0.6) is 11.5 Å². The van der Waals surface area contributed by atoms with Gasteiger partial charge in [0.05, 0.1) is 26.2 Å². The van der Waals surface area contributed by atoms with Gasteiger partial charge in [-0.05, 0) is 83.5 Å². The molecular formula is C26H30ClNO2S. The van der Waals surface area contributed by atoms with E-state index in [0.717, 1.165) is 35.8 Å². The second kappa shape index (κ2) is 8.26. The number of thioether (sulfide) groups is 1. The van der Waals surface area contributed by atoms with Gasteiger partial charge in [-0.2, -0.15) is 5.26 Å². The van der Waals surface area contributed by atoms with Gasteiger partial charge < -0.3 is 9.47 Å². The zero-order chi connectivity index (χ0) is 22.4. The van der Waals surface area contributed by atoms with Crippen molar-refractivity contribution in [2.45, 2.75) is 55.6 Å². The van der Waals surface area contributed by atoms with E-state index < -0.39 is 0 Å². The van der Waals surface area contributed by atoms with Crippen LogP contribution in [0.25, 0.3) is 0 Å². The maximum absolute atomic E-state index is 10.2. The van der Waals surface area contributed by atoms with E-state index >= 15 is 0 Å². The first-order chi connectivity index (χ1) is 14.7. The summed E-state index contributed by atoms with van der Waals surface area (Å²) < 4.78 is 11.2. The molecule has 1 fully saturated rings. The van der Waals surface area contributed by atoms with Crippen LogP contribution in [-0.4, -0.2) is 19.5 Å². The Morgan fingerprint density at radius 3 is 2.32 bits per heavy atom. The Bertz CT molecular complexity index is 1010. The summed E-state index contributed by atoms with van der Waals surface area (Å²) >= 11 is 8.02. The summed E-state index contributed by atoms with van der Waals surface area (Å²) in [5.41, 5.74) is 2.46. The second-order valence-electron chi connectivity index (χ2n) is 9.62. The molecule has 0 spiro atoms. The highest BCUT2D eigenvalue weighted by atomic mass is 35.5. The van der Waals surface area contributed by atoms with Crippen LogP contribution in [0.4, 0.5) is 0 Å². The quantitative estimate of drug-likeness (QED) is 0.502. The van der Waals surface area contributed by atoms with E-state index in [1.54, 1.807) is 14.2 Å². The topological polar surface area (TPSA) is 42.2 Å². The van der Waals surface area contributed by atoms with Gasteiger partial charge in [-0.15, -0.1) is 11.8 Å². The first kappa shape index (κ1) is 22.4. The molecule has 0 saturated heterocycles. The number of hydrogen-bond donors (Lipinski definition) is 0. The van der Waals surface area contributed by atoms with Crippen molar-refractivity contribution in [3.8, 4) is 17.6 Å². The maximum atomic E-state index is 10.2. The molecule has 2 aliphatic rings. The molecule has 0 radical (unpaired) electrons. The molecule has 4 rings (SSSR count). The minimum absolute atomic E-state index is 0.0114. The lowest BCUT2D eigenvalue weighted by atomic mass is 9.47. The number of benzene rings is 2. The monoisotopic (exact) mass is 455 g/mol. The third-order valence-electron chi connectivity index (χ3n) is 7.57. The normalized spacial score (nSPS) is 28.7. The number of rotatable bonds is 4. The van der Waals surface area contributed by atoms with Gasteiger partial charge >= 0.3 is 0 Å². The summed E-state index contributed by atoms with van der Waals surface area (Å²) in [7, 11) is 3.36. The number of hydrogen-bond acceptors (Lipinski definition) is 4. The molecule has 1 saturated carbocycles. The molecule has 3 nitrogen and oxygen atoms in total. The number of nitrogens with zero attached hydrogens (tertiary/aromatic N) is 1. The zero-order valence-electron chi connectivity index (χ0n) is 18.9. The van der Waals surface area contributed by atoms with Crippen LogP contribution in [0.15, 0.2) is 41.3 Å². The predicted octanol–water partition coefficient (Wildman–Crippen LogP) is 6.91. The predicted molar refractivity (Wildman–Crippen MR) is 127 cm³/mol. The molecular weight excluding hydrogens is 426 g/mol. The fourth-order valence-corrected chi connectivity index (χ4v) is 7.66. The van der Waals surface area contributed by atoms with E-state index in [-0.39, 0.29) is 22.7 Å². The molecule has 0 aromatic heterocycles. The Labute approximate surface area is 195 Å². The minimum atomic E-state index is -0.0753. The van der Waals surface area contributed by atoms with Crippen molar-refractivity contribution in [2.75, 3.05) is 14.2 Å². The van der Waals surface area contributed by atoms with Crippen molar-refractivity contribution in [1.29, 1.82) is 5.26 Å². The van der Waals surface area contributed by atoms with Crippen LogP contribution in [0.2, 0.25) is 5.02 Å². The van der Waals surface area contributed by atoms with Gasteiger partial charge in [0.15, 0.2) is 11.5 Å². The molecule has 2 aromatic rings. The molecule has 0 heterocycles. The fraction of sp³-hybridized carbons (Fsp3) is 0.500. The maximum Gasteiger partial charge on any atom is 0.161 e. The zero-order valence-corrected chi connectivity index (χ0v) is 20.4. The molecule has 0 bridgehead atoms. The van der Waals surface area contributed by atoms with Crippen LogP contribution in [0, 0.1) is 28.6 Å². The van der Waals surface area contributed by atoms with Gasteiger partial charge in [0.25, 0.3) is 0 Å². The molecule has 0 N–H and O–H groups in total. The van der Waals surface area contributed by atoms with E-state index in [4.69, 9.17) is 21.1 Å². The minimum Gasteiger partial charge on any atom is -0.493 e. The van der Waals surface area contributed by atoms with Gasteiger partial charge in [-0.1, -0.05) is 32.4 Å². The van der Waals surface area contributed by atoms with Crippen molar-refractivity contribution in [3.05, 3.63) is 52.5 Å². The molecule has 2 aromatic carbocycles. The third-order valence-corrected chi connectivity index (χ3v) is 9.49. The molecule has 5 heteroatoms. The largest absolute Gasteiger partial charge is 0.493 e. The first-order valence-electron chi connectivity index (χ1n) is 10.8. The van der Waals surface area contributed by atoms with Gasteiger partial charge in [0.1, 0.15) is 0 Å². The van der Waals surface area contributed by atoms with Crippen LogP contribution >= 0.6 is 23.4 Å². The smallest absolute Gasteiger partial charge is 0.161 e. The average Bonchev–Trinajstić information content (AvgIpc) is 2.75. The molecule has 0 unspecified atom stereocenters. The Morgan fingerprint density at radius 2 is 1.71 bits per heavy atom. The van der Waals surface area contributed by atoms with Gasteiger partial charge in [0.2, 0.25) is 0 Å². The third kappa shape index (κ3) is 3.70. The lowest BCUT2D eigenvalue weighted by Gasteiger charge is -2.58. The Morgan fingerprint density at radius 1 is 1.06 bits per heavy atom. The SMILES string of the molecule is COc1cc2c(cc1OC)[C@@]1(C)CC[C@H](Sc3ccc(Cl)cc3)C(C)(C)[C@@H]1[C@@H](C#N)C2. The Balaban J connectivity index is 1.75. The molecule has 0 amide bonds. The summed E-state index contributed by atoms with van der Waals surface area (Å²) in [5.74, 6) is 1.74. The van der Waals surface area contributed by atoms with Crippen molar-refractivity contribution in [1.82, 2.24) is 0 Å². The molecule has 31 heavy (non-hydrogen) atoms. The average molecular weight is 456 g/mol. The first-order valence-corrected chi connectivity index (χ1v) is 12.1. The Hall–Kier alpha value is -1.83. The Kier molecular flexibility index (Phi) is 5.96. The highest BCUT2D eigenvalue weighted by molar-refractivity contribution is 8.00. The van der Waals surface area contributed by atoms with Gasteiger partial charge in [0, 0.05) is 15.2 Å². The summed E-state index contributed by atoms with van der Waals surface area (Å²) in [6.45, 7) is 7.08. The second-order valence-corrected chi connectivity index (χ2v) is 11.3. The lowest BCUT2D eigenvalue weighted by molar-refractivity contribution is 0.0222. The molecule has 164 valence electrons. The molecule has 0 aliphatic heterocycles. The van der Waals surface area contributed by atoms with E-state index in [2.05, 4.69) is 51.1 Å². The number of ether oxygens (including phenoxy) is 2. The van der Waals surface area contributed by atoms with E-state index in [9.17, 15) is 5.26 Å². The standard InChI is InChI=1S/C26H30ClNO2S/c1-25(2)23(31-19-8-6-18(27)7-9-19)10-11-26(3)20-14-22(30-5)21(29-4)13-16(20)12-17(15-28)24(25)26/h6-9,13-14,17,23-24H,10-12H2,1-5H3/t17-,23+,24+,26-/m1/s1. The summed E-state index contributed by atoms with van der Waals surface area (Å²) in [6, 6.07) is 15.1. The molecule has 4 atom stereocenters. The van der Waals surface area contributed by atoms with E-state index in [1.807, 2.05) is 23.9 Å².